The largest absolute Gasteiger partial charge is 0.494 e. The first-order valence-corrected chi connectivity index (χ1v) is 12.3. The van der Waals surface area contributed by atoms with Crippen molar-refractivity contribution in [2.75, 3.05) is 6.61 Å². The molecule has 7 heteroatoms. The Balaban J connectivity index is 1.78. The summed E-state index contributed by atoms with van der Waals surface area (Å²) in [4.78, 5) is 25.7. The molecule has 0 aliphatic rings. The fourth-order valence-electron chi connectivity index (χ4n) is 3.00. The number of ether oxygens (including phenoxy) is 1. The van der Waals surface area contributed by atoms with Crippen LogP contribution >= 0.6 is 31.9 Å². The number of halogens is 2. The number of hydrogen-bond donors (Lipinski definition) is 2. The van der Waals surface area contributed by atoms with Gasteiger partial charge in [-0.25, -0.2) is 0 Å². The van der Waals surface area contributed by atoms with Gasteiger partial charge >= 0.3 is 0 Å². The van der Waals surface area contributed by atoms with Gasteiger partial charge in [0, 0.05) is 20.1 Å². The van der Waals surface area contributed by atoms with Gasteiger partial charge in [-0.05, 0) is 78.6 Å². The summed E-state index contributed by atoms with van der Waals surface area (Å²) in [6.07, 6.45) is 0.249. The average Bonchev–Trinajstić information content (AvgIpc) is 2.79. The highest BCUT2D eigenvalue weighted by Crippen LogP contribution is 2.19. The lowest BCUT2D eigenvalue weighted by atomic mass is 10.1. The summed E-state index contributed by atoms with van der Waals surface area (Å²) >= 11 is 6.75. The molecule has 3 aromatic rings. The average molecular weight is 574 g/mol. The van der Waals surface area contributed by atoms with Crippen LogP contribution in [0.1, 0.15) is 52.7 Å². The quantitative estimate of drug-likeness (QED) is 0.287. The van der Waals surface area contributed by atoms with Gasteiger partial charge in [0.15, 0.2) is 0 Å². The van der Waals surface area contributed by atoms with E-state index in [0.717, 1.165) is 26.7 Å². The second-order valence-electron chi connectivity index (χ2n) is 7.99. The Labute approximate surface area is 211 Å². The van der Waals surface area contributed by atoms with Crippen LogP contribution in [0.15, 0.2) is 81.7 Å². The third kappa shape index (κ3) is 7.72. The molecule has 2 N–H and O–H groups in total. The van der Waals surface area contributed by atoms with Crippen molar-refractivity contribution < 1.29 is 14.3 Å². The summed E-state index contributed by atoms with van der Waals surface area (Å²) in [5.41, 5.74) is 1.73. The van der Waals surface area contributed by atoms with Crippen LogP contribution < -0.4 is 15.4 Å². The molecule has 0 atom stereocenters. The molecule has 5 nitrogen and oxygen atoms in total. The molecule has 3 rings (SSSR count). The zero-order valence-electron chi connectivity index (χ0n) is 18.5. The summed E-state index contributed by atoms with van der Waals surface area (Å²) in [5.74, 6) is 0.731. The Morgan fingerprint density at radius 1 is 0.758 bits per heavy atom. The predicted octanol–water partition coefficient (Wildman–Crippen LogP) is 6.50. The highest BCUT2D eigenvalue weighted by atomic mass is 79.9. The minimum atomic E-state index is -0.720. The molecule has 0 aliphatic carbocycles. The van der Waals surface area contributed by atoms with Crippen molar-refractivity contribution in [2.24, 2.45) is 5.92 Å². The van der Waals surface area contributed by atoms with E-state index < -0.39 is 6.17 Å². The smallest absolute Gasteiger partial charge is 0.253 e. The maximum absolute atomic E-state index is 12.9. The summed E-state index contributed by atoms with van der Waals surface area (Å²) < 4.78 is 7.55. The molecule has 0 heterocycles. The number of amides is 2. The van der Waals surface area contributed by atoms with E-state index >= 15 is 0 Å². The lowest BCUT2D eigenvalue weighted by Crippen LogP contribution is -2.41. The minimum absolute atomic E-state index is 0.291. The van der Waals surface area contributed by atoms with Crippen molar-refractivity contribution in [2.45, 2.75) is 26.4 Å². The molecule has 0 aliphatic heterocycles. The number of carbonyl (C=O) groups is 2. The van der Waals surface area contributed by atoms with Gasteiger partial charge in [-0.3, -0.25) is 9.59 Å². The summed E-state index contributed by atoms with van der Waals surface area (Å²) in [6, 6.07) is 21.5. The van der Waals surface area contributed by atoms with Gasteiger partial charge in [0.05, 0.1) is 6.61 Å². The topological polar surface area (TPSA) is 67.4 Å². The van der Waals surface area contributed by atoms with Gasteiger partial charge in [0.1, 0.15) is 11.9 Å². The van der Waals surface area contributed by atoms with Crippen molar-refractivity contribution in [3.63, 3.8) is 0 Å². The molecule has 2 amide bonds. The first-order chi connectivity index (χ1) is 15.8. The van der Waals surface area contributed by atoms with E-state index in [1.807, 2.05) is 24.3 Å². The first-order valence-electron chi connectivity index (χ1n) is 10.7. The lowest BCUT2D eigenvalue weighted by molar-refractivity contribution is 0.0883. The number of rotatable bonds is 9. The van der Waals surface area contributed by atoms with Crippen LogP contribution in [0.5, 0.6) is 5.75 Å². The van der Waals surface area contributed by atoms with E-state index in [0.29, 0.717) is 23.7 Å². The van der Waals surface area contributed by atoms with Crippen LogP contribution in [-0.2, 0) is 0 Å². The predicted molar refractivity (Wildman–Crippen MR) is 137 cm³/mol. The van der Waals surface area contributed by atoms with Crippen molar-refractivity contribution in [3.05, 3.63) is 98.4 Å². The number of benzene rings is 3. The van der Waals surface area contributed by atoms with E-state index in [2.05, 4.69) is 56.3 Å². The van der Waals surface area contributed by atoms with Crippen molar-refractivity contribution >= 4 is 43.7 Å². The van der Waals surface area contributed by atoms with E-state index in [1.54, 1.807) is 48.5 Å². The minimum Gasteiger partial charge on any atom is -0.494 e. The molecule has 3 aromatic carbocycles. The third-order valence-electron chi connectivity index (χ3n) is 4.94. The molecule has 0 saturated carbocycles. The maximum atomic E-state index is 12.9. The molecular formula is C26H26Br2N2O3. The Kier molecular flexibility index (Phi) is 9.09. The Hall–Kier alpha value is -2.64. The summed E-state index contributed by atoms with van der Waals surface area (Å²) in [6.45, 7) is 4.94. The van der Waals surface area contributed by atoms with Crippen LogP contribution in [0.25, 0.3) is 0 Å². The zero-order chi connectivity index (χ0) is 23.8. The van der Waals surface area contributed by atoms with Crippen LogP contribution in [-0.4, -0.2) is 18.4 Å². The van der Waals surface area contributed by atoms with Gasteiger partial charge < -0.3 is 15.4 Å². The second-order valence-corrected chi connectivity index (χ2v) is 9.83. The van der Waals surface area contributed by atoms with Crippen LogP contribution in [0.2, 0.25) is 0 Å². The molecule has 0 spiro atoms. The molecule has 0 fully saturated rings. The normalized spacial score (nSPS) is 10.8. The third-order valence-corrected chi connectivity index (χ3v) is 6.00. The molecule has 33 heavy (non-hydrogen) atoms. The lowest BCUT2D eigenvalue weighted by Gasteiger charge is -2.21. The van der Waals surface area contributed by atoms with Gasteiger partial charge in [0.25, 0.3) is 11.8 Å². The molecular weight excluding hydrogens is 548 g/mol. The standard InChI is InChI=1S/C26H26Br2N2O3/c1-17(2)15-16-33-23-13-7-18(8-14-23)24(29-25(31)19-3-9-21(27)10-4-19)30-26(32)20-5-11-22(28)12-6-20/h3-14,17,24H,15-16H2,1-2H3,(H,29,31)(H,30,32). The Bertz CT molecular complexity index is 1010. The fraction of sp³-hybridized carbons (Fsp3) is 0.231. The summed E-state index contributed by atoms with van der Waals surface area (Å²) in [7, 11) is 0. The zero-order valence-corrected chi connectivity index (χ0v) is 21.6. The van der Waals surface area contributed by atoms with Gasteiger partial charge in [-0.2, -0.15) is 0 Å². The number of carbonyl (C=O) groups excluding carboxylic acids is 2. The SMILES string of the molecule is CC(C)CCOc1ccc(C(NC(=O)c2ccc(Br)cc2)NC(=O)c2ccc(Br)cc2)cc1. The van der Waals surface area contributed by atoms with Crippen LogP contribution in [0, 0.1) is 5.92 Å². The monoisotopic (exact) mass is 572 g/mol. The Morgan fingerprint density at radius 2 is 1.21 bits per heavy atom. The Morgan fingerprint density at radius 3 is 1.64 bits per heavy atom. The molecule has 0 aromatic heterocycles. The number of nitrogens with one attached hydrogen (secondary N) is 2. The van der Waals surface area contributed by atoms with Gasteiger partial charge in [-0.1, -0.05) is 57.8 Å². The van der Waals surface area contributed by atoms with Crippen LogP contribution in [0.3, 0.4) is 0 Å². The van der Waals surface area contributed by atoms with E-state index in [9.17, 15) is 9.59 Å². The highest BCUT2D eigenvalue weighted by molar-refractivity contribution is 9.10. The van der Waals surface area contributed by atoms with E-state index in [4.69, 9.17) is 4.74 Å². The maximum Gasteiger partial charge on any atom is 0.253 e. The van der Waals surface area contributed by atoms with E-state index in [1.165, 1.54) is 0 Å². The van der Waals surface area contributed by atoms with Crippen molar-refractivity contribution in [3.8, 4) is 5.75 Å². The molecule has 0 radical (unpaired) electrons. The number of hydrogen-bond acceptors (Lipinski definition) is 3. The molecule has 0 unspecified atom stereocenters. The summed E-state index contributed by atoms with van der Waals surface area (Å²) in [5, 5.41) is 5.84. The fourth-order valence-corrected chi connectivity index (χ4v) is 3.53. The molecule has 0 saturated heterocycles. The molecule has 0 bridgehead atoms. The first kappa shape index (κ1) is 25.0. The van der Waals surface area contributed by atoms with Gasteiger partial charge in [-0.15, -0.1) is 0 Å². The van der Waals surface area contributed by atoms with Crippen molar-refractivity contribution in [1.82, 2.24) is 10.6 Å². The molecule has 172 valence electrons. The highest BCUT2D eigenvalue weighted by Gasteiger charge is 2.19. The van der Waals surface area contributed by atoms with Crippen molar-refractivity contribution in [1.29, 1.82) is 0 Å². The van der Waals surface area contributed by atoms with Crippen LogP contribution in [0.4, 0.5) is 0 Å². The second kappa shape index (κ2) is 12.0. The van der Waals surface area contributed by atoms with E-state index in [-0.39, 0.29) is 11.8 Å². The van der Waals surface area contributed by atoms with Gasteiger partial charge in [0.2, 0.25) is 0 Å².